The zero-order valence-corrected chi connectivity index (χ0v) is 7.05. The van der Waals surface area contributed by atoms with Crippen LogP contribution in [0.4, 0.5) is 0 Å². The summed E-state index contributed by atoms with van der Waals surface area (Å²) < 4.78 is -0.611. The molecule has 0 rings (SSSR count). The first-order chi connectivity index (χ1) is 2.56. The fourth-order valence-electron chi connectivity index (χ4n) is 0. The van der Waals surface area contributed by atoms with Crippen LogP contribution in [0.2, 0.25) is 0 Å². The fourth-order valence-corrected chi connectivity index (χ4v) is 0. The molecule has 0 radical (unpaired) electrons. The molecule has 0 aromatic heterocycles. The van der Waals surface area contributed by atoms with E-state index >= 15 is 0 Å². The first-order valence-corrected chi connectivity index (χ1v) is 3.33. The molecule has 0 aromatic carbocycles. The summed E-state index contributed by atoms with van der Waals surface area (Å²) in [7, 11) is 0.742. The van der Waals surface area contributed by atoms with Crippen LogP contribution >= 0.6 is 23.2 Å². The Labute approximate surface area is 50.6 Å². The molecule has 0 saturated heterocycles. The second-order valence-electron chi connectivity index (χ2n) is 1.16. The Morgan fingerprint density at radius 2 is 1.83 bits per heavy atom. The molecule has 36 valence electrons. The van der Waals surface area contributed by atoms with Crippen molar-refractivity contribution in [1.29, 1.82) is 0 Å². The molecule has 0 heterocycles. The quantitative estimate of drug-likeness (QED) is 0.286. The number of alkyl halides is 2. The average molecular weight is 141 g/mol. The van der Waals surface area contributed by atoms with Crippen molar-refractivity contribution >= 4 is 33.4 Å². The summed E-state index contributed by atoms with van der Waals surface area (Å²) >= 11 is 10.9. The molecule has 0 spiro atoms. The minimum absolute atomic E-state index is 0.611. The molecular formula is C3H6Cl2Si. The van der Waals surface area contributed by atoms with Gasteiger partial charge in [-0.05, 0) is 0 Å². The molecule has 0 aliphatic rings. The van der Waals surface area contributed by atoms with Gasteiger partial charge >= 0.3 is 0 Å². The summed E-state index contributed by atoms with van der Waals surface area (Å²) in [4.78, 5) is 0. The van der Waals surface area contributed by atoms with Gasteiger partial charge in [0.1, 0.15) is 3.96 Å². The van der Waals surface area contributed by atoms with E-state index in [4.69, 9.17) is 23.2 Å². The van der Waals surface area contributed by atoms with Crippen molar-refractivity contribution in [2.75, 3.05) is 0 Å². The lowest BCUT2D eigenvalue weighted by atomic mass is 10.7. The predicted molar refractivity (Wildman–Crippen MR) is 34.6 cm³/mol. The molecule has 0 nitrogen and oxygen atoms in total. The van der Waals surface area contributed by atoms with E-state index in [2.05, 4.69) is 6.58 Å². The molecule has 0 bridgehead atoms. The molecule has 6 heavy (non-hydrogen) atoms. The van der Waals surface area contributed by atoms with Gasteiger partial charge in [0, 0.05) is 0 Å². The van der Waals surface area contributed by atoms with Crippen LogP contribution in [0.3, 0.4) is 0 Å². The molecule has 0 unspecified atom stereocenters. The Morgan fingerprint density at radius 1 is 1.67 bits per heavy atom. The van der Waals surface area contributed by atoms with Crippen LogP contribution in [-0.4, -0.2) is 14.2 Å². The second kappa shape index (κ2) is 2.01. The minimum Gasteiger partial charge on any atom is -0.102 e. The first-order valence-electron chi connectivity index (χ1n) is 1.57. The van der Waals surface area contributed by atoms with E-state index in [1.165, 1.54) is 6.08 Å². The first kappa shape index (κ1) is 6.54. The van der Waals surface area contributed by atoms with Crippen LogP contribution in [0.25, 0.3) is 0 Å². The highest BCUT2D eigenvalue weighted by atomic mass is 35.5. The van der Waals surface area contributed by atoms with Gasteiger partial charge in [0.2, 0.25) is 0 Å². The van der Waals surface area contributed by atoms with E-state index in [9.17, 15) is 0 Å². The third-order valence-corrected chi connectivity index (χ3v) is 1.08. The van der Waals surface area contributed by atoms with Crippen LogP contribution in [0.5, 0.6) is 0 Å². The Kier molecular flexibility index (Phi) is 2.19. The third kappa shape index (κ3) is 4.54. The van der Waals surface area contributed by atoms with Crippen molar-refractivity contribution in [2.24, 2.45) is 0 Å². The Morgan fingerprint density at radius 3 is 1.83 bits per heavy atom. The van der Waals surface area contributed by atoms with Gasteiger partial charge in [-0.15, -0.1) is 29.8 Å². The highest BCUT2D eigenvalue weighted by Crippen LogP contribution is 2.15. The summed E-state index contributed by atoms with van der Waals surface area (Å²) in [5.74, 6) is 0. The van der Waals surface area contributed by atoms with E-state index in [0.717, 1.165) is 10.2 Å². The van der Waals surface area contributed by atoms with Crippen molar-refractivity contribution in [3.05, 3.63) is 12.7 Å². The number of halogens is 2. The normalized spacial score (nSPS) is 11.7. The van der Waals surface area contributed by atoms with Crippen molar-refractivity contribution in [3.63, 3.8) is 0 Å². The maximum atomic E-state index is 5.43. The van der Waals surface area contributed by atoms with Gasteiger partial charge in [-0.1, -0.05) is 6.08 Å². The monoisotopic (exact) mass is 140 g/mol. The van der Waals surface area contributed by atoms with Gasteiger partial charge in [0.05, 0.1) is 10.2 Å². The van der Waals surface area contributed by atoms with Crippen LogP contribution in [0.1, 0.15) is 0 Å². The van der Waals surface area contributed by atoms with Gasteiger partial charge in [0.15, 0.2) is 0 Å². The van der Waals surface area contributed by atoms with E-state index in [1.54, 1.807) is 0 Å². The molecular weight excluding hydrogens is 135 g/mol. The zero-order chi connectivity index (χ0) is 5.21. The minimum atomic E-state index is -0.611. The molecule has 0 fully saturated rings. The Bertz CT molecular complexity index is 54.3. The molecule has 0 atom stereocenters. The smallest absolute Gasteiger partial charge is 0.102 e. The lowest BCUT2D eigenvalue weighted by Gasteiger charge is -2.01. The topological polar surface area (TPSA) is 0 Å². The van der Waals surface area contributed by atoms with E-state index in [1.807, 2.05) is 0 Å². The number of hydrogen-bond acceptors (Lipinski definition) is 0. The molecule has 0 saturated carbocycles. The highest BCUT2D eigenvalue weighted by Gasteiger charge is 2.07. The average Bonchev–Trinajstić information content (AvgIpc) is 1.35. The summed E-state index contributed by atoms with van der Waals surface area (Å²) in [5, 5.41) is 0. The second-order valence-corrected chi connectivity index (χ2v) is 5.77. The van der Waals surface area contributed by atoms with E-state index < -0.39 is 3.96 Å². The van der Waals surface area contributed by atoms with Gasteiger partial charge in [-0.25, -0.2) is 0 Å². The largest absolute Gasteiger partial charge is 0.114 e. The highest BCUT2D eigenvalue weighted by molar-refractivity contribution is 6.66. The van der Waals surface area contributed by atoms with Crippen molar-refractivity contribution in [3.8, 4) is 0 Å². The number of allylic oxidation sites excluding steroid dienone is 1. The Hall–Kier alpha value is 0.537. The lowest BCUT2D eigenvalue weighted by Crippen LogP contribution is -2.04. The predicted octanol–water partition coefficient (Wildman–Crippen LogP) is 0.669. The number of hydrogen-bond donors (Lipinski definition) is 0. The lowest BCUT2D eigenvalue weighted by molar-refractivity contribution is 1.48. The summed E-state index contributed by atoms with van der Waals surface area (Å²) in [5.41, 5.74) is 0. The maximum Gasteiger partial charge on any atom is 0.114 e. The van der Waals surface area contributed by atoms with E-state index in [0.29, 0.717) is 0 Å². The molecule has 0 aliphatic carbocycles. The van der Waals surface area contributed by atoms with Crippen molar-refractivity contribution < 1.29 is 0 Å². The summed E-state index contributed by atoms with van der Waals surface area (Å²) in [6, 6.07) is 0. The zero-order valence-electron chi connectivity index (χ0n) is 3.54. The third-order valence-electron chi connectivity index (χ3n) is 0.358. The molecule has 0 aliphatic heterocycles. The fraction of sp³-hybridized carbons (Fsp3) is 0.333. The molecule has 0 N–H and O–H groups in total. The van der Waals surface area contributed by atoms with Gasteiger partial charge < -0.3 is 0 Å². The summed E-state index contributed by atoms with van der Waals surface area (Å²) in [6.45, 7) is 3.40. The standard InChI is InChI=1S/C3H6Cl2Si/c1-2-3(4,5)6/h2H,1H2,6H3. The SMILES string of the molecule is C=CC([SiH3])(Cl)Cl. The van der Waals surface area contributed by atoms with Gasteiger partial charge in [-0.3, -0.25) is 0 Å². The van der Waals surface area contributed by atoms with Crippen molar-refractivity contribution in [2.45, 2.75) is 3.96 Å². The van der Waals surface area contributed by atoms with Crippen LogP contribution < -0.4 is 0 Å². The molecule has 3 heteroatoms. The Balaban J connectivity index is 3.45. The van der Waals surface area contributed by atoms with Crippen molar-refractivity contribution in [1.82, 2.24) is 0 Å². The van der Waals surface area contributed by atoms with Crippen LogP contribution in [-0.2, 0) is 0 Å². The van der Waals surface area contributed by atoms with Crippen LogP contribution in [0.15, 0.2) is 12.7 Å². The molecule has 0 amide bonds. The van der Waals surface area contributed by atoms with E-state index in [-0.39, 0.29) is 0 Å². The molecule has 0 aromatic rings. The van der Waals surface area contributed by atoms with Crippen LogP contribution in [0, 0.1) is 0 Å². The maximum absolute atomic E-state index is 5.43. The van der Waals surface area contributed by atoms with Gasteiger partial charge in [-0.2, -0.15) is 0 Å². The van der Waals surface area contributed by atoms with Gasteiger partial charge in [0.25, 0.3) is 0 Å². The number of rotatable bonds is 1. The summed E-state index contributed by atoms with van der Waals surface area (Å²) in [6.07, 6.45) is 1.53.